The lowest BCUT2D eigenvalue weighted by atomic mass is 10.2. The van der Waals surface area contributed by atoms with Crippen molar-refractivity contribution in [2.75, 3.05) is 0 Å². The molecule has 2 aromatic carbocycles. The van der Waals surface area contributed by atoms with Gasteiger partial charge in [0.25, 0.3) is 11.5 Å². The Morgan fingerprint density at radius 1 is 1.14 bits per heavy atom. The monoisotopic (exact) mass is 474 g/mol. The van der Waals surface area contributed by atoms with Gasteiger partial charge in [0.05, 0.1) is 15.7 Å². The molecule has 0 aliphatic carbocycles. The van der Waals surface area contributed by atoms with Gasteiger partial charge < -0.3 is 9.15 Å². The first-order valence-electron chi connectivity index (χ1n) is 7.40. The Morgan fingerprint density at radius 3 is 2.21 bits per heavy atom. The van der Waals surface area contributed by atoms with Crippen LogP contribution >= 0.6 is 34.8 Å². The predicted molar refractivity (Wildman–Crippen MR) is 93.8 cm³/mol. The summed E-state index contributed by atoms with van der Waals surface area (Å²) in [6.45, 7) is 0. The minimum absolute atomic E-state index is 0.213. The summed E-state index contributed by atoms with van der Waals surface area (Å²) in [6.07, 6.45) is -4.45. The van der Waals surface area contributed by atoms with Crippen LogP contribution in [-0.2, 0) is 0 Å². The van der Waals surface area contributed by atoms with Gasteiger partial charge in [-0.2, -0.15) is 13.5 Å². The molecule has 0 fully saturated rings. The fourth-order valence-electron chi connectivity index (χ4n) is 2.19. The molecule has 5 nitrogen and oxygen atoms in total. The summed E-state index contributed by atoms with van der Waals surface area (Å²) in [7, 11) is 0. The quantitative estimate of drug-likeness (QED) is 0.357. The largest absolute Gasteiger partial charge is 0.444 e. The van der Waals surface area contributed by atoms with Crippen molar-refractivity contribution in [2.24, 2.45) is 0 Å². The second kappa shape index (κ2) is 7.85. The van der Waals surface area contributed by atoms with Crippen LogP contribution in [0.2, 0.25) is 10.0 Å². The average molecular weight is 476 g/mol. The number of nitrogens with zero attached hydrogens (tertiary/aromatic N) is 2. The Balaban J connectivity index is 2.05. The van der Waals surface area contributed by atoms with Gasteiger partial charge in [0.1, 0.15) is 17.2 Å². The van der Waals surface area contributed by atoms with Gasteiger partial charge >= 0.3 is 11.9 Å². The standard InChI is InChI=1S/C16H6Cl3F5N2O3/c17-7-4-6(5-8(18)12(7)29-16(23,24)14(19)22)26-15(27)28-13(25-26)11-9(20)2-1-3-10(11)21/h1-5,14H. The third kappa shape index (κ3) is 4.19. The Hall–Kier alpha value is -2.30. The van der Waals surface area contributed by atoms with Gasteiger partial charge in [-0.1, -0.05) is 40.9 Å². The van der Waals surface area contributed by atoms with Crippen LogP contribution in [-0.4, -0.2) is 21.5 Å². The highest BCUT2D eigenvalue weighted by Crippen LogP contribution is 2.40. The first-order chi connectivity index (χ1) is 13.5. The van der Waals surface area contributed by atoms with Crippen LogP contribution in [0.15, 0.2) is 39.5 Å². The summed E-state index contributed by atoms with van der Waals surface area (Å²) in [5.74, 6) is -4.77. The highest BCUT2D eigenvalue weighted by molar-refractivity contribution is 6.37. The van der Waals surface area contributed by atoms with E-state index in [9.17, 15) is 26.7 Å². The summed E-state index contributed by atoms with van der Waals surface area (Å²) in [4.78, 5) is 12.0. The summed E-state index contributed by atoms with van der Waals surface area (Å²) in [5.41, 5.74) is -4.10. The molecule has 0 bridgehead atoms. The highest BCUT2D eigenvalue weighted by Gasteiger charge is 2.43. The predicted octanol–water partition coefficient (Wildman–Crippen LogP) is 5.58. The van der Waals surface area contributed by atoms with Crippen molar-refractivity contribution in [3.8, 4) is 22.9 Å². The van der Waals surface area contributed by atoms with Crippen molar-refractivity contribution < 1.29 is 31.1 Å². The third-order valence-corrected chi connectivity index (χ3v) is 4.26. The molecule has 13 heteroatoms. The average Bonchev–Trinajstić information content (AvgIpc) is 2.99. The number of hydrogen-bond acceptors (Lipinski definition) is 4. The van der Waals surface area contributed by atoms with E-state index >= 15 is 0 Å². The Labute approximate surface area is 173 Å². The van der Waals surface area contributed by atoms with E-state index in [0.717, 1.165) is 30.3 Å². The Morgan fingerprint density at radius 2 is 1.69 bits per heavy atom. The van der Waals surface area contributed by atoms with E-state index in [0.29, 0.717) is 4.68 Å². The maximum atomic E-state index is 13.9. The zero-order valence-electron chi connectivity index (χ0n) is 13.6. The lowest BCUT2D eigenvalue weighted by molar-refractivity contribution is -0.198. The number of benzene rings is 2. The normalized spacial score (nSPS) is 12.8. The first kappa shape index (κ1) is 21.4. The number of aromatic nitrogens is 2. The highest BCUT2D eigenvalue weighted by atomic mass is 35.5. The van der Waals surface area contributed by atoms with E-state index in [4.69, 9.17) is 39.2 Å². The van der Waals surface area contributed by atoms with E-state index in [-0.39, 0.29) is 5.69 Å². The van der Waals surface area contributed by atoms with Crippen molar-refractivity contribution >= 4 is 34.8 Å². The second-order valence-electron chi connectivity index (χ2n) is 5.38. The molecular weight excluding hydrogens is 470 g/mol. The summed E-state index contributed by atoms with van der Waals surface area (Å²) in [6, 6.07) is 4.76. The van der Waals surface area contributed by atoms with Crippen molar-refractivity contribution in [1.29, 1.82) is 0 Å². The summed E-state index contributed by atoms with van der Waals surface area (Å²) >= 11 is 16.3. The maximum absolute atomic E-state index is 13.9. The molecule has 0 saturated heterocycles. The fourth-order valence-corrected chi connectivity index (χ4v) is 2.79. The molecule has 1 heterocycles. The number of alkyl halides is 4. The second-order valence-corrected chi connectivity index (χ2v) is 6.58. The summed E-state index contributed by atoms with van der Waals surface area (Å²) in [5, 5.41) is 2.54. The van der Waals surface area contributed by atoms with E-state index in [1.165, 1.54) is 0 Å². The fraction of sp³-hybridized carbons (Fsp3) is 0.125. The Kier molecular flexibility index (Phi) is 5.79. The third-order valence-electron chi connectivity index (χ3n) is 3.44. The summed E-state index contributed by atoms with van der Waals surface area (Å²) < 4.78 is 76.5. The smallest absolute Gasteiger partial charge is 0.426 e. The van der Waals surface area contributed by atoms with Crippen molar-refractivity contribution in [2.45, 2.75) is 11.7 Å². The molecular formula is C16H6Cl3F5N2O3. The number of ether oxygens (including phenoxy) is 1. The van der Waals surface area contributed by atoms with Crippen molar-refractivity contribution in [3.63, 3.8) is 0 Å². The van der Waals surface area contributed by atoms with Crippen LogP contribution < -0.4 is 10.5 Å². The molecule has 154 valence electrons. The number of hydrogen-bond donors (Lipinski definition) is 0. The van der Waals surface area contributed by atoms with E-state index in [1.807, 2.05) is 0 Å². The van der Waals surface area contributed by atoms with Crippen LogP contribution in [0.5, 0.6) is 5.75 Å². The number of rotatable bonds is 5. The van der Waals surface area contributed by atoms with Crippen LogP contribution in [0.25, 0.3) is 17.1 Å². The van der Waals surface area contributed by atoms with Gasteiger partial charge in [-0.15, -0.1) is 5.10 Å². The van der Waals surface area contributed by atoms with Crippen LogP contribution in [0.4, 0.5) is 22.0 Å². The molecule has 0 aliphatic heterocycles. The molecule has 3 rings (SSSR count). The molecule has 0 radical (unpaired) electrons. The molecule has 1 unspecified atom stereocenters. The molecule has 0 N–H and O–H groups in total. The van der Waals surface area contributed by atoms with Gasteiger partial charge in [0, 0.05) is 0 Å². The minimum atomic E-state index is -4.45. The molecule has 1 aromatic heterocycles. The molecule has 1 atom stereocenters. The van der Waals surface area contributed by atoms with E-state index in [1.54, 1.807) is 0 Å². The molecule has 3 aromatic rings. The molecule has 0 spiro atoms. The Bertz CT molecular complexity index is 1090. The number of halogens is 8. The molecule has 0 saturated carbocycles. The maximum Gasteiger partial charge on any atom is 0.444 e. The topological polar surface area (TPSA) is 57.3 Å². The van der Waals surface area contributed by atoms with E-state index in [2.05, 4.69) is 9.84 Å². The van der Waals surface area contributed by atoms with Gasteiger partial charge in [-0.3, -0.25) is 0 Å². The van der Waals surface area contributed by atoms with Crippen molar-refractivity contribution in [3.05, 3.63) is 62.6 Å². The van der Waals surface area contributed by atoms with Crippen LogP contribution in [0.1, 0.15) is 0 Å². The molecule has 29 heavy (non-hydrogen) atoms. The van der Waals surface area contributed by atoms with Gasteiger partial charge in [-0.05, 0) is 24.3 Å². The van der Waals surface area contributed by atoms with Crippen molar-refractivity contribution in [1.82, 2.24) is 9.78 Å². The molecule has 0 aliphatic rings. The van der Waals surface area contributed by atoms with Gasteiger partial charge in [0.2, 0.25) is 0 Å². The van der Waals surface area contributed by atoms with Gasteiger partial charge in [-0.25, -0.2) is 18.0 Å². The van der Waals surface area contributed by atoms with Crippen LogP contribution in [0, 0.1) is 11.6 Å². The van der Waals surface area contributed by atoms with Gasteiger partial charge in [0.15, 0.2) is 5.75 Å². The first-order valence-corrected chi connectivity index (χ1v) is 8.59. The van der Waals surface area contributed by atoms with E-state index < -0.39 is 56.4 Å². The zero-order valence-corrected chi connectivity index (χ0v) is 15.9. The lowest BCUT2D eigenvalue weighted by Gasteiger charge is -2.19. The SMILES string of the molecule is O=c1oc(-c2c(F)cccc2F)nn1-c1cc(Cl)c(OC(F)(F)C(F)Cl)c(Cl)c1. The molecule has 0 amide bonds. The lowest BCUT2D eigenvalue weighted by Crippen LogP contribution is -2.33. The minimum Gasteiger partial charge on any atom is -0.426 e. The zero-order chi connectivity index (χ0) is 21.5. The van der Waals surface area contributed by atoms with Crippen LogP contribution in [0.3, 0.4) is 0 Å².